The van der Waals surface area contributed by atoms with Gasteiger partial charge < -0.3 is 10.3 Å². The molecule has 0 aliphatic carbocycles. The Morgan fingerprint density at radius 1 is 1.33 bits per heavy atom. The van der Waals surface area contributed by atoms with E-state index in [0.717, 1.165) is 17.3 Å². The second-order valence-electron chi connectivity index (χ2n) is 5.61. The summed E-state index contributed by atoms with van der Waals surface area (Å²) in [6.07, 6.45) is 1.70. The standard InChI is InChI=1S/C15H19BrN4O3S/c1-2-17-15(21)19-14-13(24(22,23)20-7-3-4-8-20)11-9-10(16)5-6-12(11)18-14/h5-6,9,18H,2-4,7-8H2,1H3,(H2,17,19,21). The minimum atomic E-state index is -3.69. The molecule has 3 N–H and O–H groups in total. The summed E-state index contributed by atoms with van der Waals surface area (Å²) in [5, 5.41) is 5.79. The van der Waals surface area contributed by atoms with Crippen molar-refractivity contribution >= 4 is 48.7 Å². The van der Waals surface area contributed by atoms with Gasteiger partial charge in [-0.15, -0.1) is 0 Å². The summed E-state index contributed by atoms with van der Waals surface area (Å²) in [5.74, 6) is 0.195. The van der Waals surface area contributed by atoms with Crippen LogP contribution < -0.4 is 10.6 Å². The number of benzene rings is 1. The molecule has 2 heterocycles. The lowest BCUT2D eigenvalue weighted by Gasteiger charge is -2.16. The number of carbonyl (C=O) groups is 1. The van der Waals surface area contributed by atoms with Crippen molar-refractivity contribution in [3.63, 3.8) is 0 Å². The summed E-state index contributed by atoms with van der Waals surface area (Å²) in [6.45, 7) is 3.25. The first kappa shape index (κ1) is 17.2. The molecular formula is C15H19BrN4O3S. The Bertz CT molecular complexity index is 872. The van der Waals surface area contributed by atoms with Gasteiger partial charge in [0.25, 0.3) is 0 Å². The van der Waals surface area contributed by atoms with Gasteiger partial charge in [-0.25, -0.2) is 13.2 Å². The van der Waals surface area contributed by atoms with Crippen molar-refractivity contribution in [3.8, 4) is 0 Å². The number of urea groups is 1. The van der Waals surface area contributed by atoms with Crippen molar-refractivity contribution in [1.29, 1.82) is 0 Å². The molecule has 2 aromatic rings. The number of rotatable bonds is 4. The van der Waals surface area contributed by atoms with Gasteiger partial charge >= 0.3 is 6.03 Å². The Morgan fingerprint density at radius 2 is 2.04 bits per heavy atom. The van der Waals surface area contributed by atoms with E-state index in [1.165, 1.54) is 4.31 Å². The van der Waals surface area contributed by atoms with E-state index in [0.29, 0.717) is 30.5 Å². The second-order valence-corrected chi connectivity index (χ2v) is 8.41. The van der Waals surface area contributed by atoms with Crippen LogP contribution in [0, 0.1) is 0 Å². The number of aromatic nitrogens is 1. The van der Waals surface area contributed by atoms with Crippen LogP contribution in [0.2, 0.25) is 0 Å². The molecular weight excluding hydrogens is 396 g/mol. The highest BCUT2D eigenvalue weighted by Gasteiger charge is 2.33. The highest BCUT2D eigenvalue weighted by atomic mass is 79.9. The van der Waals surface area contributed by atoms with Crippen molar-refractivity contribution in [3.05, 3.63) is 22.7 Å². The van der Waals surface area contributed by atoms with Crippen LogP contribution in [-0.2, 0) is 10.0 Å². The van der Waals surface area contributed by atoms with Crippen molar-refractivity contribution in [2.45, 2.75) is 24.7 Å². The van der Waals surface area contributed by atoms with Gasteiger partial charge in [0, 0.05) is 35.0 Å². The smallest absolute Gasteiger partial charge is 0.320 e. The molecule has 0 saturated carbocycles. The first-order chi connectivity index (χ1) is 11.4. The molecule has 24 heavy (non-hydrogen) atoms. The maximum absolute atomic E-state index is 13.1. The Morgan fingerprint density at radius 3 is 2.71 bits per heavy atom. The van der Waals surface area contributed by atoms with Crippen LogP contribution in [0.4, 0.5) is 10.6 Å². The number of sulfonamides is 1. The van der Waals surface area contributed by atoms with Gasteiger partial charge in [-0.2, -0.15) is 4.31 Å². The molecule has 7 nitrogen and oxygen atoms in total. The number of carbonyl (C=O) groups excluding carboxylic acids is 1. The molecule has 0 unspecified atom stereocenters. The first-order valence-corrected chi connectivity index (χ1v) is 10.0. The molecule has 1 aliphatic rings. The van der Waals surface area contributed by atoms with E-state index in [4.69, 9.17) is 0 Å². The molecule has 0 atom stereocenters. The third-order valence-electron chi connectivity index (χ3n) is 3.95. The van der Waals surface area contributed by atoms with E-state index in [1.54, 1.807) is 19.1 Å². The number of hydrogen-bond donors (Lipinski definition) is 3. The largest absolute Gasteiger partial charge is 0.340 e. The lowest BCUT2D eigenvalue weighted by molar-refractivity contribution is 0.252. The predicted molar refractivity (Wildman–Crippen MR) is 96.7 cm³/mol. The van der Waals surface area contributed by atoms with Gasteiger partial charge in [-0.3, -0.25) is 5.32 Å². The molecule has 1 aliphatic heterocycles. The van der Waals surface area contributed by atoms with E-state index < -0.39 is 16.1 Å². The van der Waals surface area contributed by atoms with Gasteiger partial charge in [0.15, 0.2) is 0 Å². The van der Waals surface area contributed by atoms with Crippen LogP contribution in [0.15, 0.2) is 27.6 Å². The number of nitrogens with one attached hydrogen (secondary N) is 3. The highest BCUT2D eigenvalue weighted by Crippen LogP contribution is 2.35. The molecule has 2 amide bonds. The zero-order valence-electron chi connectivity index (χ0n) is 13.2. The number of anilines is 1. The van der Waals surface area contributed by atoms with E-state index in [-0.39, 0.29) is 10.7 Å². The van der Waals surface area contributed by atoms with Crippen LogP contribution in [0.25, 0.3) is 10.9 Å². The molecule has 0 spiro atoms. The van der Waals surface area contributed by atoms with Gasteiger partial charge in [-0.1, -0.05) is 15.9 Å². The van der Waals surface area contributed by atoms with Crippen molar-refractivity contribution in [2.24, 2.45) is 0 Å². The molecule has 0 radical (unpaired) electrons. The summed E-state index contributed by atoms with van der Waals surface area (Å²) in [5.41, 5.74) is 0.655. The molecule has 1 saturated heterocycles. The number of fused-ring (bicyclic) bond motifs is 1. The molecule has 0 bridgehead atoms. The predicted octanol–water partition coefficient (Wildman–Crippen LogP) is 2.86. The van der Waals surface area contributed by atoms with E-state index >= 15 is 0 Å². The molecule has 130 valence electrons. The van der Waals surface area contributed by atoms with Gasteiger partial charge in [0.05, 0.1) is 0 Å². The average molecular weight is 415 g/mol. The molecule has 1 fully saturated rings. The minimum absolute atomic E-state index is 0.118. The Labute approximate surface area is 149 Å². The fourth-order valence-corrected chi connectivity index (χ4v) is 5.04. The Kier molecular flexibility index (Phi) is 4.84. The number of aromatic amines is 1. The van der Waals surface area contributed by atoms with Gasteiger partial charge in [-0.05, 0) is 38.0 Å². The molecule has 1 aromatic heterocycles. The van der Waals surface area contributed by atoms with E-state index in [9.17, 15) is 13.2 Å². The van der Waals surface area contributed by atoms with Crippen molar-refractivity contribution in [1.82, 2.24) is 14.6 Å². The summed E-state index contributed by atoms with van der Waals surface area (Å²) in [4.78, 5) is 15.0. The quantitative estimate of drug-likeness (QED) is 0.717. The third-order valence-corrected chi connectivity index (χ3v) is 6.43. The zero-order valence-corrected chi connectivity index (χ0v) is 15.6. The van der Waals surface area contributed by atoms with Crippen LogP contribution >= 0.6 is 15.9 Å². The topological polar surface area (TPSA) is 94.3 Å². The summed E-state index contributed by atoms with van der Waals surface area (Å²) >= 11 is 3.38. The summed E-state index contributed by atoms with van der Waals surface area (Å²) in [7, 11) is -3.69. The minimum Gasteiger partial charge on any atom is -0.340 e. The summed E-state index contributed by atoms with van der Waals surface area (Å²) in [6, 6.07) is 4.91. The molecule has 1 aromatic carbocycles. The monoisotopic (exact) mass is 414 g/mol. The summed E-state index contributed by atoms with van der Waals surface area (Å²) < 4.78 is 28.4. The average Bonchev–Trinajstić information content (AvgIpc) is 3.14. The van der Waals surface area contributed by atoms with E-state index in [2.05, 4.69) is 31.5 Å². The fraction of sp³-hybridized carbons (Fsp3) is 0.400. The second kappa shape index (κ2) is 6.73. The van der Waals surface area contributed by atoms with Crippen LogP contribution in [0.1, 0.15) is 19.8 Å². The zero-order chi connectivity index (χ0) is 17.3. The van der Waals surface area contributed by atoms with Crippen molar-refractivity contribution < 1.29 is 13.2 Å². The number of nitrogens with zero attached hydrogens (tertiary/aromatic N) is 1. The van der Waals surface area contributed by atoms with Crippen LogP contribution in [0.5, 0.6) is 0 Å². The Balaban J connectivity index is 2.15. The van der Waals surface area contributed by atoms with E-state index in [1.807, 2.05) is 6.07 Å². The molecule has 3 rings (SSSR count). The maximum Gasteiger partial charge on any atom is 0.320 e. The number of amides is 2. The maximum atomic E-state index is 13.1. The van der Waals surface area contributed by atoms with Crippen LogP contribution in [0.3, 0.4) is 0 Å². The fourth-order valence-electron chi connectivity index (χ4n) is 2.87. The normalized spacial score (nSPS) is 15.8. The number of hydrogen-bond acceptors (Lipinski definition) is 3. The number of halogens is 1. The molecule has 9 heteroatoms. The van der Waals surface area contributed by atoms with Crippen LogP contribution in [-0.4, -0.2) is 43.4 Å². The van der Waals surface area contributed by atoms with Gasteiger partial charge in [0.2, 0.25) is 10.0 Å². The number of H-pyrrole nitrogens is 1. The lowest BCUT2D eigenvalue weighted by Crippen LogP contribution is -2.31. The highest BCUT2D eigenvalue weighted by molar-refractivity contribution is 9.10. The third kappa shape index (κ3) is 3.15. The first-order valence-electron chi connectivity index (χ1n) is 7.79. The van der Waals surface area contributed by atoms with Crippen molar-refractivity contribution in [2.75, 3.05) is 25.0 Å². The van der Waals surface area contributed by atoms with Gasteiger partial charge in [0.1, 0.15) is 10.7 Å². The SMILES string of the molecule is CCNC(=O)Nc1[nH]c2ccc(Br)cc2c1S(=O)(=O)N1CCCC1. The Hall–Kier alpha value is -1.58. The lowest BCUT2D eigenvalue weighted by atomic mass is 10.2.